The lowest BCUT2D eigenvalue weighted by atomic mass is 10.0. The Hall–Kier alpha value is -1.32. The summed E-state index contributed by atoms with van der Waals surface area (Å²) in [6.07, 6.45) is 2.47. The number of anilines is 2. The SMILES string of the molecule is CCNc1cc(NCC2C(C)(C)C2(C)C)nc(C2CC2)n1. The van der Waals surface area contributed by atoms with E-state index >= 15 is 0 Å². The fourth-order valence-corrected chi connectivity index (χ4v) is 3.40. The smallest absolute Gasteiger partial charge is 0.136 e. The molecule has 2 fully saturated rings. The van der Waals surface area contributed by atoms with Crippen molar-refractivity contribution in [1.29, 1.82) is 0 Å². The number of nitrogens with zero attached hydrogens (tertiary/aromatic N) is 2. The summed E-state index contributed by atoms with van der Waals surface area (Å²) in [4.78, 5) is 9.33. The molecule has 2 saturated carbocycles. The Balaban J connectivity index is 1.70. The van der Waals surface area contributed by atoms with Crippen LogP contribution in [0.25, 0.3) is 0 Å². The normalized spacial score (nSPS) is 22.9. The molecule has 0 saturated heterocycles. The molecule has 4 heteroatoms. The van der Waals surface area contributed by atoms with E-state index in [0.29, 0.717) is 22.7 Å². The monoisotopic (exact) mass is 288 g/mol. The van der Waals surface area contributed by atoms with Gasteiger partial charge in [-0.25, -0.2) is 9.97 Å². The maximum Gasteiger partial charge on any atom is 0.136 e. The Morgan fingerprint density at radius 1 is 1.05 bits per heavy atom. The van der Waals surface area contributed by atoms with Gasteiger partial charge in [-0.1, -0.05) is 27.7 Å². The van der Waals surface area contributed by atoms with Crippen molar-refractivity contribution in [2.24, 2.45) is 16.7 Å². The molecular weight excluding hydrogens is 260 g/mol. The van der Waals surface area contributed by atoms with E-state index in [0.717, 1.165) is 30.5 Å². The first-order valence-corrected chi connectivity index (χ1v) is 8.23. The van der Waals surface area contributed by atoms with Gasteiger partial charge < -0.3 is 10.6 Å². The van der Waals surface area contributed by atoms with E-state index in [4.69, 9.17) is 4.98 Å². The first kappa shape index (κ1) is 14.6. The Kier molecular flexibility index (Phi) is 3.38. The fourth-order valence-electron chi connectivity index (χ4n) is 3.40. The van der Waals surface area contributed by atoms with Gasteiger partial charge in [-0.15, -0.1) is 0 Å². The molecule has 4 nitrogen and oxygen atoms in total. The van der Waals surface area contributed by atoms with Gasteiger partial charge in [0.25, 0.3) is 0 Å². The number of nitrogens with one attached hydrogen (secondary N) is 2. The molecule has 0 bridgehead atoms. The van der Waals surface area contributed by atoms with Crippen molar-refractivity contribution in [2.45, 2.75) is 53.4 Å². The van der Waals surface area contributed by atoms with Crippen LogP contribution in [0.3, 0.4) is 0 Å². The Bertz CT molecular complexity index is 518. The van der Waals surface area contributed by atoms with Crippen LogP contribution in [0.15, 0.2) is 6.07 Å². The molecule has 21 heavy (non-hydrogen) atoms. The Labute approximate surface area is 128 Å². The van der Waals surface area contributed by atoms with Crippen LogP contribution in [0.5, 0.6) is 0 Å². The van der Waals surface area contributed by atoms with Crippen LogP contribution in [0.4, 0.5) is 11.6 Å². The molecule has 2 aliphatic rings. The summed E-state index contributed by atoms with van der Waals surface area (Å²) in [5.41, 5.74) is 0.827. The van der Waals surface area contributed by atoms with Gasteiger partial charge in [-0.2, -0.15) is 0 Å². The molecule has 3 rings (SSSR count). The van der Waals surface area contributed by atoms with Crippen molar-refractivity contribution < 1.29 is 0 Å². The van der Waals surface area contributed by atoms with Crippen LogP contribution in [-0.4, -0.2) is 23.1 Å². The third-order valence-corrected chi connectivity index (χ3v) is 5.85. The zero-order valence-corrected chi connectivity index (χ0v) is 14.0. The van der Waals surface area contributed by atoms with Crippen molar-refractivity contribution in [3.8, 4) is 0 Å². The molecule has 116 valence electrons. The molecule has 0 amide bonds. The van der Waals surface area contributed by atoms with Gasteiger partial charge >= 0.3 is 0 Å². The number of hydrogen-bond donors (Lipinski definition) is 2. The molecule has 0 atom stereocenters. The van der Waals surface area contributed by atoms with Crippen LogP contribution < -0.4 is 10.6 Å². The van der Waals surface area contributed by atoms with Crippen molar-refractivity contribution >= 4 is 11.6 Å². The highest BCUT2D eigenvalue weighted by atomic mass is 15.1. The summed E-state index contributed by atoms with van der Waals surface area (Å²) in [6, 6.07) is 2.04. The summed E-state index contributed by atoms with van der Waals surface area (Å²) in [5, 5.41) is 6.86. The molecule has 1 aromatic heterocycles. The number of rotatable bonds is 6. The molecule has 2 N–H and O–H groups in total. The van der Waals surface area contributed by atoms with E-state index in [1.165, 1.54) is 12.8 Å². The van der Waals surface area contributed by atoms with Gasteiger partial charge in [-0.3, -0.25) is 0 Å². The molecule has 0 spiro atoms. The fraction of sp³-hybridized carbons (Fsp3) is 0.765. The minimum Gasteiger partial charge on any atom is -0.370 e. The third-order valence-electron chi connectivity index (χ3n) is 5.85. The van der Waals surface area contributed by atoms with Crippen LogP contribution >= 0.6 is 0 Å². The molecule has 1 heterocycles. The summed E-state index contributed by atoms with van der Waals surface area (Å²) in [5.74, 6) is 4.21. The van der Waals surface area contributed by atoms with E-state index < -0.39 is 0 Å². The predicted octanol–water partition coefficient (Wildman–Crippen LogP) is 3.88. The van der Waals surface area contributed by atoms with Crippen LogP contribution in [0, 0.1) is 16.7 Å². The summed E-state index contributed by atoms with van der Waals surface area (Å²) >= 11 is 0. The van der Waals surface area contributed by atoms with Crippen molar-refractivity contribution in [3.63, 3.8) is 0 Å². The molecule has 1 aromatic rings. The Morgan fingerprint density at radius 2 is 1.62 bits per heavy atom. The van der Waals surface area contributed by atoms with E-state index in [1.807, 2.05) is 6.07 Å². The molecule has 0 aliphatic heterocycles. The van der Waals surface area contributed by atoms with E-state index in [1.54, 1.807) is 0 Å². The van der Waals surface area contributed by atoms with Crippen molar-refractivity contribution in [3.05, 3.63) is 11.9 Å². The summed E-state index contributed by atoms with van der Waals surface area (Å²) in [6.45, 7) is 13.4. The zero-order chi connectivity index (χ0) is 15.3. The number of aromatic nitrogens is 2. The van der Waals surface area contributed by atoms with Crippen LogP contribution in [-0.2, 0) is 0 Å². The summed E-state index contributed by atoms with van der Waals surface area (Å²) in [7, 11) is 0. The number of hydrogen-bond acceptors (Lipinski definition) is 4. The lowest BCUT2D eigenvalue weighted by Gasteiger charge is -2.11. The first-order valence-electron chi connectivity index (χ1n) is 8.23. The highest BCUT2D eigenvalue weighted by Gasteiger charge is 2.64. The topological polar surface area (TPSA) is 49.8 Å². The average molecular weight is 288 g/mol. The lowest BCUT2D eigenvalue weighted by molar-refractivity contribution is 0.457. The van der Waals surface area contributed by atoms with E-state index in [2.05, 4.69) is 50.2 Å². The van der Waals surface area contributed by atoms with Gasteiger partial charge in [0.1, 0.15) is 17.5 Å². The minimum absolute atomic E-state index is 0.414. The van der Waals surface area contributed by atoms with Gasteiger partial charge in [0.05, 0.1) is 0 Å². The Morgan fingerprint density at radius 3 is 2.10 bits per heavy atom. The quantitative estimate of drug-likeness (QED) is 0.834. The average Bonchev–Trinajstić information content (AvgIpc) is 3.28. The third kappa shape index (κ3) is 2.60. The zero-order valence-electron chi connectivity index (χ0n) is 14.0. The largest absolute Gasteiger partial charge is 0.370 e. The molecule has 0 radical (unpaired) electrons. The highest BCUT2D eigenvalue weighted by molar-refractivity contribution is 5.48. The van der Waals surface area contributed by atoms with E-state index in [9.17, 15) is 0 Å². The molecule has 2 aliphatic carbocycles. The van der Waals surface area contributed by atoms with Crippen LogP contribution in [0.1, 0.15) is 59.2 Å². The summed E-state index contributed by atoms with van der Waals surface area (Å²) < 4.78 is 0. The van der Waals surface area contributed by atoms with Gasteiger partial charge in [-0.05, 0) is 36.5 Å². The minimum atomic E-state index is 0.414. The molecular formula is C17H28N4. The lowest BCUT2D eigenvalue weighted by Crippen LogP contribution is -2.12. The molecule has 0 aromatic carbocycles. The second-order valence-electron chi connectivity index (χ2n) is 7.68. The van der Waals surface area contributed by atoms with E-state index in [-0.39, 0.29) is 0 Å². The van der Waals surface area contributed by atoms with Gasteiger partial charge in [0, 0.05) is 25.1 Å². The van der Waals surface area contributed by atoms with Crippen molar-refractivity contribution in [2.75, 3.05) is 23.7 Å². The maximum absolute atomic E-state index is 4.71. The highest BCUT2D eigenvalue weighted by Crippen LogP contribution is 2.68. The van der Waals surface area contributed by atoms with Crippen molar-refractivity contribution in [1.82, 2.24) is 9.97 Å². The standard InChI is InChI=1S/C17H28N4/c1-6-18-13-9-14(21-15(20-13)11-7-8-11)19-10-12-16(2,3)17(12,4)5/h9,11-12H,6-8,10H2,1-5H3,(H2,18,19,20,21). The predicted molar refractivity (Wildman–Crippen MR) is 87.7 cm³/mol. The second kappa shape index (κ2) is 4.85. The van der Waals surface area contributed by atoms with Gasteiger partial charge in [0.2, 0.25) is 0 Å². The molecule has 0 unspecified atom stereocenters. The first-order chi connectivity index (χ1) is 9.86. The second-order valence-corrected chi connectivity index (χ2v) is 7.68. The van der Waals surface area contributed by atoms with Crippen LogP contribution in [0.2, 0.25) is 0 Å². The maximum atomic E-state index is 4.71. The van der Waals surface area contributed by atoms with Gasteiger partial charge in [0.15, 0.2) is 0 Å².